The van der Waals surface area contributed by atoms with Crippen LogP contribution in [-0.2, 0) is 16.0 Å². The predicted octanol–water partition coefficient (Wildman–Crippen LogP) is 4.06. The summed E-state index contributed by atoms with van der Waals surface area (Å²) in [6.45, 7) is 1.61. The minimum absolute atomic E-state index is 0.317. The van der Waals surface area contributed by atoms with Gasteiger partial charge in [0.2, 0.25) is 0 Å². The Balaban J connectivity index is 1.60. The predicted molar refractivity (Wildman–Crippen MR) is 97.2 cm³/mol. The highest BCUT2D eigenvalue weighted by molar-refractivity contribution is 7.22. The van der Waals surface area contributed by atoms with E-state index in [0.29, 0.717) is 22.1 Å². The molecule has 126 valence electrons. The molecule has 1 amide bonds. The molecule has 0 fully saturated rings. The van der Waals surface area contributed by atoms with E-state index < -0.39 is 17.5 Å². The topological polar surface area (TPSA) is 68.3 Å². The van der Waals surface area contributed by atoms with Crippen LogP contribution in [0.3, 0.4) is 0 Å². The average molecular weight is 373 g/mol. The molecule has 0 spiro atoms. The second-order valence-corrected chi connectivity index (χ2v) is 7.51. The quantitative estimate of drug-likeness (QED) is 0.689. The molecule has 1 N–H and O–H groups in total. The molecule has 2 aromatic carbocycles. The molecule has 0 aliphatic carbocycles. The van der Waals surface area contributed by atoms with E-state index >= 15 is 0 Å². The van der Waals surface area contributed by atoms with Crippen molar-refractivity contribution in [3.63, 3.8) is 0 Å². The molecule has 4 rings (SSSR count). The zero-order valence-electron chi connectivity index (χ0n) is 13.2. The Kier molecular flexibility index (Phi) is 3.74. The lowest BCUT2D eigenvalue weighted by Crippen LogP contribution is -2.48. The molecule has 0 saturated carbocycles. The molecule has 5 nitrogen and oxygen atoms in total. The largest absolute Gasteiger partial charge is 0.445 e. The van der Waals surface area contributed by atoms with Crippen LogP contribution in [0.2, 0.25) is 5.02 Å². The van der Waals surface area contributed by atoms with Crippen molar-refractivity contribution in [3.05, 3.63) is 58.6 Å². The summed E-state index contributed by atoms with van der Waals surface area (Å²) in [5.41, 5.74) is 0.775. The van der Waals surface area contributed by atoms with E-state index in [9.17, 15) is 9.59 Å². The third-order valence-corrected chi connectivity index (χ3v) is 5.30. The number of hydrogen-bond donors (Lipinski definition) is 1. The van der Waals surface area contributed by atoms with Crippen molar-refractivity contribution in [2.45, 2.75) is 18.9 Å². The third kappa shape index (κ3) is 2.88. The molecule has 0 saturated heterocycles. The first-order valence-electron chi connectivity index (χ1n) is 7.63. The Bertz CT molecular complexity index is 1020. The molecule has 0 radical (unpaired) electrons. The van der Waals surface area contributed by atoms with Gasteiger partial charge in [-0.3, -0.25) is 10.1 Å². The summed E-state index contributed by atoms with van der Waals surface area (Å²) in [6.07, 6.45) is 0.317. The monoisotopic (exact) mass is 372 g/mol. The van der Waals surface area contributed by atoms with Gasteiger partial charge in [-0.15, -0.1) is 0 Å². The summed E-state index contributed by atoms with van der Waals surface area (Å²) in [7, 11) is 0. The Labute approximate surface area is 152 Å². The first kappa shape index (κ1) is 16.1. The molecule has 0 unspecified atom stereocenters. The number of aromatic nitrogens is 1. The van der Waals surface area contributed by atoms with Crippen molar-refractivity contribution in [1.82, 2.24) is 4.98 Å². The van der Waals surface area contributed by atoms with Crippen LogP contribution in [0.1, 0.15) is 22.8 Å². The minimum atomic E-state index is -1.28. The van der Waals surface area contributed by atoms with Crippen molar-refractivity contribution in [2.24, 2.45) is 0 Å². The number of cyclic esters (lactones) is 1. The first-order chi connectivity index (χ1) is 11.9. The van der Waals surface area contributed by atoms with Gasteiger partial charge in [-0.1, -0.05) is 41.1 Å². The van der Waals surface area contributed by atoms with Crippen LogP contribution in [0.15, 0.2) is 42.5 Å². The van der Waals surface area contributed by atoms with Crippen molar-refractivity contribution in [3.8, 4) is 0 Å². The van der Waals surface area contributed by atoms with Gasteiger partial charge in [-0.2, -0.15) is 0 Å². The fourth-order valence-electron chi connectivity index (χ4n) is 2.84. The Hall–Kier alpha value is -2.44. The molecule has 1 aliphatic rings. The minimum Gasteiger partial charge on any atom is -0.445 e. The molecule has 2 heterocycles. The Morgan fingerprint density at radius 2 is 2.12 bits per heavy atom. The maximum Gasteiger partial charge on any atom is 0.339 e. The lowest BCUT2D eigenvalue weighted by molar-refractivity contribution is -0.134. The molecule has 3 aromatic rings. The smallest absolute Gasteiger partial charge is 0.339 e. The highest BCUT2D eigenvalue weighted by atomic mass is 35.5. The van der Waals surface area contributed by atoms with E-state index in [1.807, 2.05) is 12.1 Å². The molecular weight excluding hydrogens is 360 g/mol. The molecule has 1 aromatic heterocycles. The zero-order chi connectivity index (χ0) is 17.6. The number of amides is 1. The van der Waals surface area contributed by atoms with Crippen LogP contribution >= 0.6 is 22.9 Å². The number of hydrogen-bond acceptors (Lipinski definition) is 5. The van der Waals surface area contributed by atoms with E-state index in [0.717, 1.165) is 15.8 Å². The average Bonchev–Trinajstić information content (AvgIpc) is 2.96. The maximum atomic E-state index is 12.7. The van der Waals surface area contributed by atoms with Gasteiger partial charge in [0.25, 0.3) is 5.91 Å². The normalized spacial score (nSPS) is 19.4. The number of nitrogens with zero attached hydrogens (tertiary/aromatic N) is 1. The lowest BCUT2D eigenvalue weighted by Gasteiger charge is -2.32. The van der Waals surface area contributed by atoms with Gasteiger partial charge >= 0.3 is 5.97 Å². The molecule has 1 atom stereocenters. The number of ether oxygens (including phenoxy) is 1. The standard InChI is InChI=1S/C18H13ClN2O3S/c1-18(9-10-4-2-3-5-12(10)15(22)24-18)16(23)21-17-20-13-7-6-11(19)8-14(13)25-17/h2-8H,9H2,1H3,(H,20,21,23)/t18-/m1/s1. The first-order valence-corrected chi connectivity index (χ1v) is 8.83. The fraction of sp³-hybridized carbons (Fsp3) is 0.167. The highest BCUT2D eigenvalue weighted by Crippen LogP contribution is 2.32. The molecule has 25 heavy (non-hydrogen) atoms. The van der Waals surface area contributed by atoms with Gasteiger partial charge in [-0.05, 0) is 36.8 Å². The molecule has 1 aliphatic heterocycles. The SMILES string of the molecule is C[C@]1(C(=O)Nc2nc3ccc(Cl)cc3s2)Cc2ccccc2C(=O)O1. The summed E-state index contributed by atoms with van der Waals surface area (Å²) in [4.78, 5) is 29.3. The van der Waals surface area contributed by atoms with Crippen LogP contribution < -0.4 is 5.32 Å². The molecule has 0 bridgehead atoms. The molecular formula is C18H13ClN2O3S. The number of carbonyl (C=O) groups is 2. The van der Waals surface area contributed by atoms with Gasteiger partial charge < -0.3 is 4.74 Å². The van der Waals surface area contributed by atoms with E-state index in [2.05, 4.69) is 10.3 Å². The number of nitrogens with one attached hydrogen (secondary N) is 1. The van der Waals surface area contributed by atoms with Crippen molar-refractivity contribution in [1.29, 1.82) is 0 Å². The van der Waals surface area contributed by atoms with E-state index in [1.54, 1.807) is 37.3 Å². The van der Waals surface area contributed by atoms with Crippen LogP contribution in [0, 0.1) is 0 Å². The number of halogens is 1. The van der Waals surface area contributed by atoms with Gasteiger partial charge in [0.05, 0.1) is 15.8 Å². The maximum absolute atomic E-state index is 12.7. The van der Waals surface area contributed by atoms with E-state index in [1.165, 1.54) is 11.3 Å². The number of thiazole rings is 1. The lowest BCUT2D eigenvalue weighted by atomic mass is 9.89. The summed E-state index contributed by atoms with van der Waals surface area (Å²) >= 11 is 7.30. The Morgan fingerprint density at radius 1 is 1.32 bits per heavy atom. The summed E-state index contributed by atoms with van der Waals surface area (Å²) < 4.78 is 6.31. The highest BCUT2D eigenvalue weighted by Gasteiger charge is 2.42. The van der Waals surface area contributed by atoms with Gasteiger partial charge in [0.15, 0.2) is 10.7 Å². The number of carbonyl (C=O) groups excluding carboxylic acids is 2. The van der Waals surface area contributed by atoms with E-state index in [-0.39, 0.29) is 0 Å². The van der Waals surface area contributed by atoms with Crippen molar-refractivity contribution in [2.75, 3.05) is 5.32 Å². The summed E-state index contributed by atoms with van der Waals surface area (Å²) in [6, 6.07) is 12.5. The Morgan fingerprint density at radius 3 is 2.96 bits per heavy atom. The molecule has 7 heteroatoms. The van der Waals surface area contributed by atoms with Crippen molar-refractivity contribution >= 4 is 50.2 Å². The van der Waals surface area contributed by atoms with Crippen LogP contribution in [-0.4, -0.2) is 22.5 Å². The summed E-state index contributed by atoms with van der Waals surface area (Å²) in [5, 5.41) is 3.81. The van der Waals surface area contributed by atoms with Crippen molar-refractivity contribution < 1.29 is 14.3 Å². The van der Waals surface area contributed by atoms with Gasteiger partial charge in [-0.25, -0.2) is 9.78 Å². The third-order valence-electron chi connectivity index (χ3n) is 4.13. The van der Waals surface area contributed by atoms with Crippen LogP contribution in [0.25, 0.3) is 10.2 Å². The second kappa shape index (κ2) is 5.82. The fourth-order valence-corrected chi connectivity index (χ4v) is 3.98. The zero-order valence-corrected chi connectivity index (χ0v) is 14.8. The van der Waals surface area contributed by atoms with Gasteiger partial charge in [0.1, 0.15) is 0 Å². The van der Waals surface area contributed by atoms with Crippen LogP contribution in [0.4, 0.5) is 5.13 Å². The number of anilines is 1. The number of rotatable bonds is 2. The van der Waals surface area contributed by atoms with Gasteiger partial charge in [0, 0.05) is 11.4 Å². The number of benzene rings is 2. The number of esters is 1. The van der Waals surface area contributed by atoms with Crippen LogP contribution in [0.5, 0.6) is 0 Å². The number of fused-ring (bicyclic) bond motifs is 2. The second-order valence-electron chi connectivity index (χ2n) is 6.04. The summed E-state index contributed by atoms with van der Waals surface area (Å²) in [5.74, 6) is -0.893. The van der Waals surface area contributed by atoms with E-state index in [4.69, 9.17) is 16.3 Å².